The zero-order chi connectivity index (χ0) is 15.4. The molecule has 0 aromatic heterocycles. The normalized spacial score (nSPS) is 21.8. The molecule has 0 saturated carbocycles. The molecule has 2 aliphatic rings. The van der Waals surface area contributed by atoms with Crippen LogP contribution in [0, 0.1) is 17.8 Å². The molecule has 2 nitrogen and oxygen atoms in total. The van der Waals surface area contributed by atoms with Gasteiger partial charge >= 0.3 is 0 Å². The number of nitrogens with one attached hydrogen (secondary N) is 1. The van der Waals surface area contributed by atoms with Gasteiger partial charge in [-0.1, -0.05) is 41.5 Å². The monoisotopic (exact) mass is 284 g/mol. The van der Waals surface area contributed by atoms with Gasteiger partial charge < -0.3 is 10.2 Å². The Morgan fingerprint density at radius 1 is 0.900 bits per heavy atom. The van der Waals surface area contributed by atoms with Crippen LogP contribution in [0.25, 0.3) is 0 Å². The van der Waals surface area contributed by atoms with E-state index in [1.807, 2.05) is 27.7 Å². The zero-order valence-electron chi connectivity index (χ0n) is 15.0. The number of nitrogens with zero attached hydrogens (tertiary/aromatic N) is 1. The summed E-state index contributed by atoms with van der Waals surface area (Å²) in [6.45, 7) is 19.3. The Hall–Kier alpha value is -0.0800. The lowest BCUT2D eigenvalue weighted by Gasteiger charge is -2.36. The summed E-state index contributed by atoms with van der Waals surface area (Å²) >= 11 is 0. The summed E-state index contributed by atoms with van der Waals surface area (Å²) in [6, 6.07) is 0. The number of piperidine rings is 2. The molecule has 0 spiro atoms. The van der Waals surface area contributed by atoms with E-state index in [1.54, 1.807) is 0 Å². The van der Waals surface area contributed by atoms with Crippen LogP contribution in [0.5, 0.6) is 0 Å². The van der Waals surface area contributed by atoms with E-state index in [2.05, 4.69) is 24.1 Å². The van der Waals surface area contributed by atoms with E-state index < -0.39 is 0 Å². The molecule has 2 heteroatoms. The zero-order valence-corrected chi connectivity index (χ0v) is 15.0. The first-order valence-corrected chi connectivity index (χ1v) is 9.19. The summed E-state index contributed by atoms with van der Waals surface area (Å²) in [5.41, 5.74) is 0. The van der Waals surface area contributed by atoms with E-state index in [0.717, 1.165) is 17.8 Å². The summed E-state index contributed by atoms with van der Waals surface area (Å²) in [6.07, 6.45) is 5.65. The molecule has 0 aromatic carbocycles. The lowest BCUT2D eigenvalue weighted by molar-refractivity contribution is 0.130. The highest BCUT2D eigenvalue weighted by Gasteiger charge is 2.23. The molecule has 122 valence electrons. The Bertz CT molecular complexity index is 190. The van der Waals surface area contributed by atoms with E-state index in [1.165, 1.54) is 58.4 Å². The summed E-state index contributed by atoms with van der Waals surface area (Å²) in [5, 5.41) is 3.46. The van der Waals surface area contributed by atoms with Crippen molar-refractivity contribution in [1.82, 2.24) is 10.2 Å². The van der Waals surface area contributed by atoms with Gasteiger partial charge in [-0.15, -0.1) is 0 Å². The highest BCUT2D eigenvalue weighted by atomic mass is 15.1. The van der Waals surface area contributed by atoms with Crippen LogP contribution in [0.1, 0.15) is 67.2 Å². The Morgan fingerprint density at radius 3 is 1.85 bits per heavy atom. The van der Waals surface area contributed by atoms with E-state index in [0.29, 0.717) is 0 Å². The molecule has 0 aliphatic carbocycles. The third-order valence-corrected chi connectivity index (χ3v) is 4.55. The van der Waals surface area contributed by atoms with Gasteiger partial charge in [-0.2, -0.15) is 0 Å². The molecule has 1 N–H and O–H groups in total. The maximum atomic E-state index is 3.46. The third-order valence-electron chi connectivity index (χ3n) is 4.55. The van der Waals surface area contributed by atoms with Crippen molar-refractivity contribution in [2.75, 3.05) is 32.7 Å². The highest BCUT2D eigenvalue weighted by molar-refractivity contribution is 4.78. The standard InChI is InChI=1S/C14H28N2.2C2H6/c1-12(2)14-5-9-16(10-6-14)11-13-3-7-15-8-4-13;2*1-2/h12-15H,3-11H2,1-2H3;2*1-2H3. The summed E-state index contributed by atoms with van der Waals surface area (Å²) in [5.74, 6) is 2.85. The first-order valence-electron chi connectivity index (χ1n) is 9.19. The SMILES string of the molecule is CC.CC.CC(C)C1CCN(CC2CCNCC2)CC1. The van der Waals surface area contributed by atoms with Crippen molar-refractivity contribution in [3.8, 4) is 0 Å². The average molecular weight is 285 g/mol. The van der Waals surface area contributed by atoms with Crippen LogP contribution in [-0.4, -0.2) is 37.6 Å². The molecule has 0 atom stereocenters. The predicted octanol–water partition coefficient (Wildman–Crippen LogP) is 4.41. The maximum absolute atomic E-state index is 3.46. The largest absolute Gasteiger partial charge is 0.317 e. The van der Waals surface area contributed by atoms with Gasteiger partial charge in [-0.05, 0) is 69.6 Å². The van der Waals surface area contributed by atoms with Gasteiger partial charge in [0.25, 0.3) is 0 Å². The smallest absolute Gasteiger partial charge is 0.00106 e. The Morgan fingerprint density at radius 2 is 1.40 bits per heavy atom. The minimum absolute atomic E-state index is 0.890. The van der Waals surface area contributed by atoms with E-state index in [4.69, 9.17) is 0 Å². The van der Waals surface area contributed by atoms with Crippen molar-refractivity contribution in [1.29, 1.82) is 0 Å². The summed E-state index contributed by atoms with van der Waals surface area (Å²) < 4.78 is 0. The van der Waals surface area contributed by atoms with Crippen LogP contribution in [0.4, 0.5) is 0 Å². The van der Waals surface area contributed by atoms with Crippen molar-refractivity contribution in [2.45, 2.75) is 67.2 Å². The molecule has 2 heterocycles. The van der Waals surface area contributed by atoms with Gasteiger partial charge in [0.1, 0.15) is 0 Å². The first-order chi connectivity index (χ1) is 9.75. The van der Waals surface area contributed by atoms with Gasteiger partial charge in [-0.25, -0.2) is 0 Å². The number of likely N-dealkylation sites (tertiary alicyclic amines) is 1. The van der Waals surface area contributed by atoms with E-state index in [9.17, 15) is 0 Å². The minimum Gasteiger partial charge on any atom is -0.317 e. The molecule has 0 bridgehead atoms. The van der Waals surface area contributed by atoms with Crippen LogP contribution in [0.2, 0.25) is 0 Å². The van der Waals surface area contributed by atoms with Crippen LogP contribution >= 0.6 is 0 Å². The molecule has 2 aliphatic heterocycles. The number of hydrogen-bond acceptors (Lipinski definition) is 2. The Kier molecular flexibility index (Phi) is 12.6. The maximum Gasteiger partial charge on any atom is 0.00106 e. The van der Waals surface area contributed by atoms with Crippen LogP contribution in [-0.2, 0) is 0 Å². The van der Waals surface area contributed by atoms with E-state index >= 15 is 0 Å². The fourth-order valence-corrected chi connectivity index (χ4v) is 3.23. The van der Waals surface area contributed by atoms with Gasteiger partial charge in [0.05, 0.1) is 0 Å². The van der Waals surface area contributed by atoms with Crippen molar-refractivity contribution < 1.29 is 0 Å². The van der Waals surface area contributed by atoms with Crippen molar-refractivity contribution >= 4 is 0 Å². The molecule has 0 unspecified atom stereocenters. The van der Waals surface area contributed by atoms with E-state index in [-0.39, 0.29) is 0 Å². The molecular formula is C18H40N2. The molecule has 2 saturated heterocycles. The van der Waals surface area contributed by atoms with Crippen LogP contribution in [0.3, 0.4) is 0 Å². The number of hydrogen-bond donors (Lipinski definition) is 1. The van der Waals surface area contributed by atoms with Crippen LogP contribution in [0.15, 0.2) is 0 Å². The predicted molar refractivity (Wildman–Crippen MR) is 92.3 cm³/mol. The van der Waals surface area contributed by atoms with Crippen molar-refractivity contribution in [3.63, 3.8) is 0 Å². The van der Waals surface area contributed by atoms with Gasteiger partial charge in [0.15, 0.2) is 0 Å². The second-order valence-electron chi connectivity index (χ2n) is 6.08. The molecule has 2 fully saturated rings. The van der Waals surface area contributed by atoms with Gasteiger partial charge in [0, 0.05) is 6.54 Å². The molecule has 2 rings (SSSR count). The molecule has 0 aromatic rings. The summed E-state index contributed by atoms with van der Waals surface area (Å²) in [7, 11) is 0. The fourth-order valence-electron chi connectivity index (χ4n) is 3.23. The minimum atomic E-state index is 0.890. The lowest BCUT2D eigenvalue weighted by Crippen LogP contribution is -2.40. The molecule has 0 amide bonds. The second-order valence-corrected chi connectivity index (χ2v) is 6.08. The number of rotatable bonds is 3. The lowest BCUT2D eigenvalue weighted by atomic mass is 9.86. The summed E-state index contributed by atoms with van der Waals surface area (Å²) in [4.78, 5) is 2.72. The fraction of sp³-hybridized carbons (Fsp3) is 1.00. The third kappa shape index (κ3) is 7.64. The Labute approximate surface area is 128 Å². The van der Waals surface area contributed by atoms with Gasteiger partial charge in [0.2, 0.25) is 0 Å². The molecular weight excluding hydrogens is 244 g/mol. The van der Waals surface area contributed by atoms with Gasteiger partial charge in [-0.3, -0.25) is 0 Å². The quantitative estimate of drug-likeness (QED) is 0.826. The van der Waals surface area contributed by atoms with Crippen molar-refractivity contribution in [3.05, 3.63) is 0 Å². The van der Waals surface area contributed by atoms with Crippen LogP contribution < -0.4 is 5.32 Å². The topological polar surface area (TPSA) is 15.3 Å². The second kappa shape index (κ2) is 12.6. The molecule has 20 heavy (non-hydrogen) atoms. The molecule has 0 radical (unpaired) electrons. The first kappa shape index (κ1) is 19.9. The highest BCUT2D eigenvalue weighted by Crippen LogP contribution is 2.25. The average Bonchev–Trinajstić information content (AvgIpc) is 2.53. The van der Waals surface area contributed by atoms with Crippen molar-refractivity contribution in [2.24, 2.45) is 17.8 Å². The Balaban J connectivity index is 0.000000829.